The highest BCUT2D eigenvalue weighted by Gasteiger charge is 2.19. The van der Waals surface area contributed by atoms with Crippen LogP contribution in [0.3, 0.4) is 0 Å². The zero-order valence-corrected chi connectivity index (χ0v) is 13.8. The van der Waals surface area contributed by atoms with Crippen molar-refractivity contribution in [3.8, 4) is 5.75 Å². The van der Waals surface area contributed by atoms with Gasteiger partial charge in [0.2, 0.25) is 0 Å². The molecule has 2 heterocycles. The maximum absolute atomic E-state index is 11.3. The zero-order chi connectivity index (χ0) is 15.4. The van der Waals surface area contributed by atoms with E-state index in [-0.39, 0.29) is 0 Å². The largest absolute Gasteiger partial charge is 0.490 e. The van der Waals surface area contributed by atoms with Crippen LogP contribution in [0.4, 0.5) is 0 Å². The third-order valence-electron chi connectivity index (χ3n) is 3.74. The molecule has 0 unspecified atom stereocenters. The Morgan fingerprint density at radius 2 is 2.05 bits per heavy atom. The first kappa shape index (κ1) is 16.3. The Labute approximate surface area is 130 Å². The van der Waals surface area contributed by atoms with E-state index in [0.717, 1.165) is 37.6 Å². The predicted octanol–water partition coefficient (Wildman–Crippen LogP) is 2.20. The van der Waals surface area contributed by atoms with Crippen molar-refractivity contribution >= 4 is 17.3 Å². The van der Waals surface area contributed by atoms with Gasteiger partial charge in [-0.1, -0.05) is 13.8 Å². The quantitative estimate of drug-likeness (QED) is 0.873. The number of carbonyl (C=O) groups is 1. The van der Waals surface area contributed by atoms with E-state index in [1.807, 2.05) is 6.07 Å². The maximum Gasteiger partial charge on any atom is 0.349 e. The normalized spacial score (nSPS) is 17.3. The molecule has 0 bridgehead atoms. The van der Waals surface area contributed by atoms with Gasteiger partial charge in [0.15, 0.2) is 4.88 Å². The molecule has 1 fully saturated rings. The number of rotatable bonds is 6. The van der Waals surface area contributed by atoms with Crippen molar-refractivity contribution in [2.45, 2.75) is 19.8 Å². The summed E-state index contributed by atoms with van der Waals surface area (Å²) < 4.78 is 5.73. The first-order valence-corrected chi connectivity index (χ1v) is 8.19. The van der Waals surface area contributed by atoms with Crippen LogP contribution >= 0.6 is 11.3 Å². The number of ether oxygens (including phenoxy) is 1. The van der Waals surface area contributed by atoms with Gasteiger partial charge in [-0.25, -0.2) is 4.79 Å². The van der Waals surface area contributed by atoms with Gasteiger partial charge in [0.05, 0.1) is 0 Å². The van der Waals surface area contributed by atoms with E-state index in [1.54, 1.807) is 0 Å². The van der Waals surface area contributed by atoms with Crippen molar-refractivity contribution in [1.82, 2.24) is 9.80 Å². The van der Waals surface area contributed by atoms with E-state index >= 15 is 0 Å². The summed E-state index contributed by atoms with van der Waals surface area (Å²) in [5, 5.41) is 9.25. The van der Waals surface area contributed by atoms with Crippen LogP contribution in [0.25, 0.3) is 0 Å². The topological polar surface area (TPSA) is 53.0 Å². The van der Waals surface area contributed by atoms with Crippen molar-refractivity contribution in [1.29, 1.82) is 0 Å². The first-order chi connectivity index (χ1) is 9.97. The van der Waals surface area contributed by atoms with Crippen LogP contribution in [-0.4, -0.2) is 67.3 Å². The van der Waals surface area contributed by atoms with Gasteiger partial charge in [0.25, 0.3) is 0 Å². The molecule has 0 aliphatic carbocycles. The SMILES string of the molecule is CC(C)c1cc(OCCN2CCN(C)CC2)c(C(=O)O)s1. The van der Waals surface area contributed by atoms with E-state index in [4.69, 9.17) is 4.74 Å². The summed E-state index contributed by atoms with van der Waals surface area (Å²) in [7, 11) is 2.13. The minimum absolute atomic E-state index is 0.317. The highest BCUT2D eigenvalue weighted by atomic mass is 32.1. The lowest BCUT2D eigenvalue weighted by Crippen LogP contribution is -2.45. The van der Waals surface area contributed by atoms with Gasteiger partial charge in [-0.3, -0.25) is 4.90 Å². The maximum atomic E-state index is 11.3. The van der Waals surface area contributed by atoms with E-state index in [1.165, 1.54) is 11.3 Å². The lowest BCUT2D eigenvalue weighted by atomic mass is 10.2. The predicted molar refractivity (Wildman–Crippen MR) is 84.8 cm³/mol. The number of hydrogen-bond acceptors (Lipinski definition) is 5. The Balaban J connectivity index is 1.89. The van der Waals surface area contributed by atoms with Crippen LogP contribution in [-0.2, 0) is 0 Å². The fraction of sp³-hybridized carbons (Fsp3) is 0.667. The minimum atomic E-state index is -0.901. The molecule has 1 aromatic rings. The van der Waals surface area contributed by atoms with Gasteiger partial charge in [-0.15, -0.1) is 11.3 Å². The second kappa shape index (κ2) is 7.24. The summed E-state index contributed by atoms with van der Waals surface area (Å²) in [6, 6.07) is 1.88. The van der Waals surface area contributed by atoms with Gasteiger partial charge in [0.1, 0.15) is 12.4 Å². The van der Waals surface area contributed by atoms with E-state index in [9.17, 15) is 9.90 Å². The lowest BCUT2D eigenvalue weighted by Gasteiger charge is -2.32. The summed E-state index contributed by atoms with van der Waals surface area (Å²) in [6.45, 7) is 9.76. The highest BCUT2D eigenvalue weighted by molar-refractivity contribution is 7.14. The van der Waals surface area contributed by atoms with Crippen LogP contribution in [0.2, 0.25) is 0 Å². The molecule has 0 amide bonds. The summed E-state index contributed by atoms with van der Waals surface area (Å²) in [4.78, 5) is 17.3. The summed E-state index contributed by atoms with van der Waals surface area (Å²) in [5.74, 6) is -0.0603. The molecule has 1 N–H and O–H groups in total. The smallest absolute Gasteiger partial charge is 0.349 e. The molecular formula is C15H24N2O3S. The number of hydrogen-bond donors (Lipinski definition) is 1. The average Bonchev–Trinajstić information content (AvgIpc) is 2.86. The monoisotopic (exact) mass is 312 g/mol. The number of aromatic carboxylic acids is 1. The molecule has 21 heavy (non-hydrogen) atoms. The number of carboxylic acids is 1. The molecule has 0 saturated carbocycles. The molecule has 1 aliphatic rings. The Bertz CT molecular complexity index is 479. The summed E-state index contributed by atoms with van der Waals surface area (Å²) >= 11 is 1.32. The van der Waals surface area contributed by atoms with Crippen molar-refractivity contribution in [2.24, 2.45) is 0 Å². The molecular weight excluding hydrogens is 288 g/mol. The highest BCUT2D eigenvalue weighted by Crippen LogP contribution is 2.33. The van der Waals surface area contributed by atoms with Crippen molar-refractivity contribution in [3.05, 3.63) is 15.8 Å². The van der Waals surface area contributed by atoms with Gasteiger partial charge in [-0.2, -0.15) is 0 Å². The van der Waals surface area contributed by atoms with Crippen molar-refractivity contribution < 1.29 is 14.6 Å². The fourth-order valence-electron chi connectivity index (χ4n) is 2.29. The molecule has 0 spiro atoms. The van der Waals surface area contributed by atoms with Gasteiger partial charge in [-0.05, 0) is 19.0 Å². The molecule has 2 rings (SSSR count). The molecule has 1 aromatic heterocycles. The molecule has 5 nitrogen and oxygen atoms in total. The molecule has 0 atom stereocenters. The van der Waals surface area contributed by atoms with Crippen LogP contribution in [0, 0.1) is 0 Å². The minimum Gasteiger partial charge on any atom is -0.490 e. The van der Waals surface area contributed by atoms with Gasteiger partial charge in [0, 0.05) is 37.6 Å². The molecule has 1 aliphatic heterocycles. The molecule has 0 aromatic carbocycles. The standard InChI is InChI=1S/C15H24N2O3S/c1-11(2)13-10-12(14(21-13)15(18)19)20-9-8-17-6-4-16(3)5-7-17/h10-11H,4-9H2,1-3H3,(H,18,19). The first-order valence-electron chi connectivity index (χ1n) is 7.38. The number of carboxylic acid groups (broad SMARTS) is 1. The van der Waals surface area contributed by atoms with Crippen LogP contribution in [0.5, 0.6) is 5.75 Å². The molecule has 118 valence electrons. The van der Waals surface area contributed by atoms with Crippen LogP contribution < -0.4 is 4.74 Å². The summed E-state index contributed by atoms with van der Waals surface area (Å²) in [5.41, 5.74) is 0. The zero-order valence-electron chi connectivity index (χ0n) is 13.0. The lowest BCUT2D eigenvalue weighted by molar-refractivity contribution is 0.0696. The average molecular weight is 312 g/mol. The number of thiophene rings is 1. The molecule has 1 saturated heterocycles. The second-order valence-electron chi connectivity index (χ2n) is 5.80. The Morgan fingerprint density at radius 1 is 1.38 bits per heavy atom. The van der Waals surface area contributed by atoms with Gasteiger partial charge < -0.3 is 14.7 Å². The van der Waals surface area contributed by atoms with Crippen LogP contribution in [0.1, 0.15) is 34.3 Å². The van der Waals surface area contributed by atoms with E-state index < -0.39 is 5.97 Å². The fourth-order valence-corrected chi connectivity index (χ4v) is 3.23. The number of likely N-dealkylation sites (N-methyl/N-ethyl adjacent to an activating group) is 1. The van der Waals surface area contributed by atoms with Gasteiger partial charge >= 0.3 is 5.97 Å². The molecule has 0 radical (unpaired) electrons. The van der Waals surface area contributed by atoms with Crippen molar-refractivity contribution in [3.63, 3.8) is 0 Å². The Hall–Kier alpha value is -1.11. The summed E-state index contributed by atoms with van der Waals surface area (Å²) in [6.07, 6.45) is 0. The van der Waals surface area contributed by atoms with E-state index in [2.05, 4.69) is 30.7 Å². The molecule has 6 heteroatoms. The third kappa shape index (κ3) is 4.43. The number of piperazine rings is 1. The van der Waals surface area contributed by atoms with E-state index in [0.29, 0.717) is 23.2 Å². The van der Waals surface area contributed by atoms with Crippen molar-refractivity contribution in [2.75, 3.05) is 46.4 Å². The second-order valence-corrected chi connectivity index (χ2v) is 6.88. The Kier molecular flexibility index (Phi) is 5.61. The Morgan fingerprint density at radius 3 is 2.62 bits per heavy atom. The van der Waals surface area contributed by atoms with Crippen LogP contribution in [0.15, 0.2) is 6.07 Å². The number of nitrogens with zero attached hydrogens (tertiary/aromatic N) is 2. The third-order valence-corrected chi connectivity index (χ3v) is 5.15.